The summed E-state index contributed by atoms with van der Waals surface area (Å²) in [6.07, 6.45) is 1.89. The topological polar surface area (TPSA) is 71.8 Å². The van der Waals surface area contributed by atoms with Crippen LogP contribution in [0.5, 0.6) is 5.75 Å². The van der Waals surface area contributed by atoms with Crippen molar-refractivity contribution in [3.8, 4) is 5.75 Å². The Bertz CT molecular complexity index is 1520. The summed E-state index contributed by atoms with van der Waals surface area (Å²) < 4.78 is 7.83. The van der Waals surface area contributed by atoms with Crippen molar-refractivity contribution in [1.29, 1.82) is 0 Å². The maximum absolute atomic E-state index is 13.4. The van der Waals surface area contributed by atoms with E-state index in [4.69, 9.17) is 16.3 Å². The van der Waals surface area contributed by atoms with E-state index in [2.05, 4.69) is 15.9 Å². The van der Waals surface area contributed by atoms with Crippen LogP contribution in [0.3, 0.4) is 0 Å². The number of aliphatic hydroxyl groups excluding tert-OH is 1. The summed E-state index contributed by atoms with van der Waals surface area (Å²) in [5, 5.41) is 12.8. The Hall–Kier alpha value is -3.55. The lowest BCUT2D eigenvalue weighted by Crippen LogP contribution is -2.29. The number of anilines is 1. The highest BCUT2D eigenvalue weighted by Gasteiger charge is 2.47. The fraction of sp³-hybridized carbons (Fsp3) is 0.111. The second-order valence-corrected chi connectivity index (χ2v) is 9.50. The van der Waals surface area contributed by atoms with Crippen LogP contribution in [0.25, 0.3) is 16.7 Å². The van der Waals surface area contributed by atoms with Gasteiger partial charge in [-0.2, -0.15) is 0 Å². The zero-order valence-corrected chi connectivity index (χ0v) is 21.2. The van der Waals surface area contributed by atoms with Crippen LogP contribution in [0.2, 0.25) is 5.02 Å². The van der Waals surface area contributed by atoms with Crippen molar-refractivity contribution < 1.29 is 19.4 Å². The van der Waals surface area contributed by atoms with E-state index in [1.54, 1.807) is 42.5 Å². The van der Waals surface area contributed by atoms with Crippen LogP contribution in [-0.2, 0) is 16.6 Å². The van der Waals surface area contributed by atoms with Crippen LogP contribution in [0.1, 0.15) is 17.2 Å². The molecule has 1 atom stereocenters. The number of methoxy groups -OCH3 is 1. The van der Waals surface area contributed by atoms with Crippen LogP contribution < -0.4 is 9.64 Å². The molecule has 8 heteroatoms. The molecule has 6 nitrogen and oxygen atoms in total. The lowest BCUT2D eigenvalue weighted by atomic mass is 9.94. The molecule has 2 heterocycles. The lowest BCUT2D eigenvalue weighted by Gasteiger charge is -2.25. The van der Waals surface area contributed by atoms with E-state index in [-0.39, 0.29) is 11.3 Å². The zero-order chi connectivity index (χ0) is 24.9. The van der Waals surface area contributed by atoms with Gasteiger partial charge in [0.2, 0.25) is 0 Å². The number of aromatic nitrogens is 1. The molecule has 0 bridgehead atoms. The fourth-order valence-electron chi connectivity index (χ4n) is 4.55. The Morgan fingerprint density at radius 2 is 1.77 bits per heavy atom. The van der Waals surface area contributed by atoms with Crippen molar-refractivity contribution in [3.05, 3.63) is 99.1 Å². The van der Waals surface area contributed by atoms with Gasteiger partial charge in [-0.15, -0.1) is 0 Å². The van der Waals surface area contributed by atoms with Crippen molar-refractivity contribution in [2.24, 2.45) is 7.05 Å². The molecule has 1 fully saturated rings. The molecule has 1 aromatic heterocycles. The highest BCUT2D eigenvalue weighted by Crippen LogP contribution is 2.45. The number of ether oxygens (including phenoxy) is 1. The summed E-state index contributed by atoms with van der Waals surface area (Å²) in [4.78, 5) is 28.2. The number of carbonyl (C=O) groups is 2. The quantitative estimate of drug-likeness (QED) is 0.185. The van der Waals surface area contributed by atoms with E-state index < -0.39 is 17.7 Å². The van der Waals surface area contributed by atoms with Crippen LogP contribution in [0.4, 0.5) is 5.69 Å². The summed E-state index contributed by atoms with van der Waals surface area (Å²) in [6, 6.07) is 18.6. The monoisotopic (exact) mass is 550 g/mol. The van der Waals surface area contributed by atoms with Gasteiger partial charge in [-0.1, -0.05) is 29.8 Å². The number of aliphatic hydroxyl groups is 1. The van der Waals surface area contributed by atoms with Crippen LogP contribution >= 0.6 is 27.5 Å². The van der Waals surface area contributed by atoms with Crippen molar-refractivity contribution in [3.63, 3.8) is 0 Å². The number of ketones is 1. The minimum Gasteiger partial charge on any atom is -0.507 e. The van der Waals surface area contributed by atoms with Crippen molar-refractivity contribution in [2.75, 3.05) is 12.0 Å². The molecule has 0 radical (unpaired) electrons. The van der Waals surface area contributed by atoms with E-state index in [1.165, 1.54) is 12.0 Å². The predicted octanol–water partition coefficient (Wildman–Crippen LogP) is 6.23. The van der Waals surface area contributed by atoms with Gasteiger partial charge in [-0.25, -0.2) is 0 Å². The molecule has 1 aliphatic rings. The van der Waals surface area contributed by atoms with Crippen LogP contribution in [0.15, 0.2) is 83.0 Å². The maximum atomic E-state index is 13.4. The van der Waals surface area contributed by atoms with Gasteiger partial charge in [-0.05, 0) is 64.5 Å². The largest absolute Gasteiger partial charge is 0.507 e. The summed E-state index contributed by atoms with van der Waals surface area (Å²) >= 11 is 9.50. The lowest BCUT2D eigenvalue weighted by molar-refractivity contribution is -0.132. The number of hydrogen-bond acceptors (Lipinski definition) is 4. The third-order valence-corrected chi connectivity index (χ3v) is 7.07. The molecular formula is C27H20BrClN2O4. The molecule has 4 aromatic rings. The van der Waals surface area contributed by atoms with Gasteiger partial charge in [-0.3, -0.25) is 14.5 Å². The highest BCUT2D eigenvalue weighted by atomic mass is 79.9. The number of halogens is 2. The van der Waals surface area contributed by atoms with E-state index in [0.717, 1.165) is 16.5 Å². The first-order chi connectivity index (χ1) is 16.8. The molecule has 1 N–H and O–H groups in total. The Balaban J connectivity index is 1.79. The number of carbonyl (C=O) groups excluding carboxylic acids is 2. The third-order valence-electron chi connectivity index (χ3n) is 6.20. The Kier molecular flexibility index (Phi) is 5.91. The molecule has 1 unspecified atom stereocenters. The first-order valence-corrected chi connectivity index (χ1v) is 11.9. The number of hydrogen-bond donors (Lipinski definition) is 1. The molecule has 35 heavy (non-hydrogen) atoms. The summed E-state index contributed by atoms with van der Waals surface area (Å²) in [7, 11) is 3.44. The van der Waals surface area contributed by atoms with E-state index >= 15 is 0 Å². The molecule has 0 spiro atoms. The summed E-state index contributed by atoms with van der Waals surface area (Å²) in [5.41, 5.74) is 2.57. The van der Waals surface area contributed by atoms with Gasteiger partial charge in [0.15, 0.2) is 0 Å². The Morgan fingerprint density at radius 3 is 2.46 bits per heavy atom. The highest BCUT2D eigenvalue weighted by molar-refractivity contribution is 9.10. The molecule has 1 amide bonds. The minimum atomic E-state index is -0.844. The normalized spacial score (nSPS) is 17.4. The molecular weight excluding hydrogens is 532 g/mol. The maximum Gasteiger partial charge on any atom is 0.300 e. The summed E-state index contributed by atoms with van der Waals surface area (Å²) in [6.45, 7) is 0. The number of benzene rings is 3. The van der Waals surface area contributed by atoms with E-state index in [9.17, 15) is 14.7 Å². The van der Waals surface area contributed by atoms with Gasteiger partial charge in [0.25, 0.3) is 11.7 Å². The average molecular weight is 552 g/mol. The van der Waals surface area contributed by atoms with Gasteiger partial charge < -0.3 is 14.4 Å². The van der Waals surface area contributed by atoms with Gasteiger partial charge in [0.05, 0.1) is 23.2 Å². The fourth-order valence-corrected chi connectivity index (χ4v) is 5.22. The van der Waals surface area contributed by atoms with Crippen LogP contribution in [-0.4, -0.2) is 28.5 Å². The predicted molar refractivity (Wildman–Crippen MR) is 140 cm³/mol. The molecule has 5 rings (SSSR count). The number of rotatable bonds is 4. The average Bonchev–Trinajstić information content (AvgIpc) is 3.32. The zero-order valence-electron chi connectivity index (χ0n) is 18.8. The molecule has 1 aliphatic heterocycles. The van der Waals surface area contributed by atoms with Gasteiger partial charge >= 0.3 is 0 Å². The van der Waals surface area contributed by atoms with Gasteiger partial charge in [0, 0.05) is 46.0 Å². The second kappa shape index (κ2) is 8.91. The number of fused-ring (bicyclic) bond motifs is 1. The SMILES string of the molecule is COc1ccc(/C(O)=C2\C(=O)C(=O)N(c3ccc(Cl)cc3)C2c2cn(C)c3ccccc23)cc1Br. The number of amides is 1. The Labute approximate surface area is 215 Å². The first-order valence-electron chi connectivity index (χ1n) is 10.8. The van der Waals surface area contributed by atoms with E-state index in [1.807, 2.05) is 42.1 Å². The molecule has 0 aliphatic carbocycles. The number of nitrogens with zero attached hydrogens (tertiary/aromatic N) is 2. The van der Waals surface area contributed by atoms with Crippen molar-refractivity contribution >= 4 is 61.6 Å². The number of aryl methyl sites for hydroxylation is 1. The van der Waals surface area contributed by atoms with Crippen molar-refractivity contribution in [1.82, 2.24) is 4.57 Å². The van der Waals surface area contributed by atoms with Crippen molar-refractivity contribution in [2.45, 2.75) is 6.04 Å². The molecule has 176 valence electrons. The second-order valence-electron chi connectivity index (χ2n) is 8.21. The Morgan fingerprint density at radius 1 is 1.06 bits per heavy atom. The number of Topliss-reactive ketones (excluding diaryl/α,β-unsaturated/α-hetero) is 1. The molecule has 0 saturated carbocycles. The molecule has 3 aromatic carbocycles. The standard InChI is InChI=1S/C27H20BrClN2O4/c1-30-14-19(18-5-3-4-6-21(18)30)24-23(25(32)15-7-12-22(35-2)20(28)13-15)26(33)27(34)31(24)17-10-8-16(29)9-11-17/h3-14,24,32H,1-2H3/b25-23+. The third kappa shape index (κ3) is 3.81. The van der Waals surface area contributed by atoms with Crippen LogP contribution in [0, 0.1) is 0 Å². The number of para-hydroxylation sites is 1. The van der Waals surface area contributed by atoms with Gasteiger partial charge in [0.1, 0.15) is 11.5 Å². The summed E-state index contributed by atoms with van der Waals surface area (Å²) in [5.74, 6) is -1.17. The minimum absolute atomic E-state index is 0.0124. The van der Waals surface area contributed by atoms with E-state index in [0.29, 0.717) is 26.5 Å². The first kappa shape index (κ1) is 23.2. The molecule has 1 saturated heterocycles. The smallest absolute Gasteiger partial charge is 0.300 e.